The van der Waals surface area contributed by atoms with Crippen molar-refractivity contribution in [1.82, 2.24) is 15.1 Å². The number of carbonyl (C=O) groups is 3. The summed E-state index contributed by atoms with van der Waals surface area (Å²) < 4.78 is 5.11. The summed E-state index contributed by atoms with van der Waals surface area (Å²) in [5.74, 6) is -0.523. The zero-order chi connectivity index (χ0) is 26.2. The molecule has 0 aromatic carbocycles. The molecule has 1 fully saturated rings. The van der Waals surface area contributed by atoms with E-state index in [0.717, 1.165) is 32.2 Å². The van der Waals surface area contributed by atoms with Crippen molar-refractivity contribution in [3.63, 3.8) is 0 Å². The highest BCUT2D eigenvalue weighted by atomic mass is 16.5. The molecule has 4 atom stereocenters. The minimum Gasteiger partial charge on any atom is -0.463 e. The van der Waals surface area contributed by atoms with Crippen LogP contribution in [0.1, 0.15) is 88.0 Å². The lowest BCUT2D eigenvalue weighted by atomic mass is 9.84. The first-order chi connectivity index (χ1) is 15.8. The van der Waals surface area contributed by atoms with E-state index in [0.29, 0.717) is 18.2 Å². The van der Waals surface area contributed by atoms with E-state index in [1.165, 1.54) is 0 Å². The minimum atomic E-state index is -0.678. The van der Waals surface area contributed by atoms with E-state index in [-0.39, 0.29) is 35.8 Å². The highest BCUT2D eigenvalue weighted by Gasteiger charge is 2.40. The first-order valence-electron chi connectivity index (χ1n) is 12.9. The molecule has 0 aromatic heterocycles. The molecule has 0 aliphatic carbocycles. The topological polar surface area (TPSA) is 79.0 Å². The van der Waals surface area contributed by atoms with E-state index in [1.807, 2.05) is 34.6 Å². The Morgan fingerprint density at radius 2 is 1.76 bits per heavy atom. The number of carbonyl (C=O) groups excluding carboxylic acids is 3. The fourth-order valence-corrected chi connectivity index (χ4v) is 4.56. The number of nitrogens with zero attached hydrogens (tertiary/aromatic N) is 2. The third-order valence-electron chi connectivity index (χ3n) is 6.90. The van der Waals surface area contributed by atoms with E-state index in [9.17, 15) is 14.4 Å². The molecule has 1 saturated heterocycles. The third kappa shape index (κ3) is 8.10. The lowest BCUT2D eigenvalue weighted by molar-refractivity contribution is -0.142. The molecule has 1 rings (SSSR count). The van der Waals surface area contributed by atoms with Crippen molar-refractivity contribution in [2.45, 2.75) is 112 Å². The summed E-state index contributed by atoms with van der Waals surface area (Å²) in [4.78, 5) is 43.3. The summed E-state index contributed by atoms with van der Waals surface area (Å²) in [7, 11) is 1.75. The van der Waals surface area contributed by atoms with Crippen molar-refractivity contribution in [1.29, 1.82) is 0 Å². The zero-order valence-corrected chi connectivity index (χ0v) is 23.2. The summed E-state index contributed by atoms with van der Waals surface area (Å²) in [5, 5.41) is 3.12. The maximum Gasteiger partial charge on any atom is 0.333 e. The standard InChI is InChI=1S/C27H49N3O4/c1-11-20(6)30-16-14-13-15-21(30)24(31)28-23(27(7,8)9)25(32)29(10)22(18(3)4)17-19(5)26(33)34-12-2/h17-18,20-23H,11-16H2,1-10H3,(H,28,31)/t20?,21-,22-,23-/m1/s1. The number of ether oxygens (including phenoxy) is 1. The molecule has 0 bridgehead atoms. The largest absolute Gasteiger partial charge is 0.463 e. The average Bonchev–Trinajstić information content (AvgIpc) is 2.78. The maximum atomic E-state index is 13.8. The van der Waals surface area contributed by atoms with Gasteiger partial charge in [-0.15, -0.1) is 0 Å². The first-order valence-corrected chi connectivity index (χ1v) is 12.9. The van der Waals surface area contributed by atoms with E-state index in [2.05, 4.69) is 24.1 Å². The molecular formula is C27H49N3O4. The predicted molar refractivity (Wildman–Crippen MR) is 137 cm³/mol. The van der Waals surface area contributed by atoms with Gasteiger partial charge in [0, 0.05) is 18.7 Å². The average molecular weight is 480 g/mol. The molecule has 1 unspecified atom stereocenters. The monoisotopic (exact) mass is 479 g/mol. The zero-order valence-electron chi connectivity index (χ0n) is 23.2. The molecule has 0 spiro atoms. The molecule has 0 saturated carbocycles. The van der Waals surface area contributed by atoms with Crippen LogP contribution in [0, 0.1) is 11.3 Å². The van der Waals surface area contributed by atoms with Gasteiger partial charge in [0.05, 0.1) is 18.7 Å². The highest BCUT2D eigenvalue weighted by molar-refractivity contribution is 5.91. The molecule has 196 valence electrons. The van der Waals surface area contributed by atoms with Gasteiger partial charge in [-0.05, 0) is 57.9 Å². The Balaban J connectivity index is 3.17. The Kier molecular flexibility index (Phi) is 11.8. The highest BCUT2D eigenvalue weighted by Crippen LogP contribution is 2.26. The van der Waals surface area contributed by atoms with Gasteiger partial charge in [0.1, 0.15) is 6.04 Å². The lowest BCUT2D eigenvalue weighted by Crippen LogP contribution is -2.60. The summed E-state index contributed by atoms with van der Waals surface area (Å²) >= 11 is 0. The Morgan fingerprint density at radius 1 is 1.15 bits per heavy atom. The number of piperidine rings is 1. The maximum absolute atomic E-state index is 13.8. The van der Waals surface area contributed by atoms with E-state index in [4.69, 9.17) is 4.74 Å². The minimum absolute atomic E-state index is 0.0685. The van der Waals surface area contributed by atoms with Gasteiger partial charge in [-0.1, -0.05) is 54.0 Å². The lowest BCUT2D eigenvalue weighted by Gasteiger charge is -2.41. The number of hydrogen-bond donors (Lipinski definition) is 1. The fraction of sp³-hybridized carbons (Fsp3) is 0.815. The van der Waals surface area contributed by atoms with Gasteiger partial charge < -0.3 is 15.0 Å². The van der Waals surface area contributed by atoms with E-state index in [1.54, 1.807) is 31.9 Å². The van der Waals surface area contributed by atoms with Gasteiger partial charge in [0.25, 0.3) is 0 Å². The Bertz CT molecular complexity index is 726. The van der Waals surface area contributed by atoms with Gasteiger partial charge in [0.2, 0.25) is 11.8 Å². The summed E-state index contributed by atoms with van der Waals surface area (Å²) in [6, 6.07) is -0.865. The molecule has 2 amide bonds. The molecule has 1 aliphatic heterocycles. The second kappa shape index (κ2) is 13.3. The molecule has 1 N–H and O–H groups in total. The van der Waals surface area contributed by atoms with Crippen LogP contribution in [-0.2, 0) is 19.1 Å². The molecule has 0 aromatic rings. The number of esters is 1. The van der Waals surface area contributed by atoms with Crippen molar-refractivity contribution in [3.05, 3.63) is 11.6 Å². The number of hydrogen-bond acceptors (Lipinski definition) is 5. The summed E-state index contributed by atoms with van der Waals surface area (Å²) in [6.45, 7) is 18.9. The smallest absolute Gasteiger partial charge is 0.333 e. The van der Waals surface area contributed by atoms with Crippen LogP contribution >= 0.6 is 0 Å². The second-order valence-electron chi connectivity index (χ2n) is 11.1. The first kappa shape index (κ1) is 30.1. The number of likely N-dealkylation sites (tertiary alicyclic amines) is 1. The molecular weight excluding hydrogens is 430 g/mol. The SMILES string of the molecule is CCOC(=O)C(C)=C[C@H](C(C)C)N(C)C(=O)[C@@H](NC(=O)[C@H]1CCCCN1C(C)CC)C(C)(C)C. The van der Waals surface area contributed by atoms with Crippen LogP contribution < -0.4 is 5.32 Å². The number of rotatable bonds is 10. The van der Waals surface area contributed by atoms with Gasteiger partial charge >= 0.3 is 5.97 Å². The Morgan fingerprint density at radius 3 is 2.26 bits per heavy atom. The van der Waals surface area contributed by atoms with Crippen molar-refractivity contribution >= 4 is 17.8 Å². The predicted octanol–water partition coefficient (Wildman–Crippen LogP) is 4.16. The van der Waals surface area contributed by atoms with Gasteiger partial charge in [-0.2, -0.15) is 0 Å². The Labute approximate surface area is 207 Å². The molecule has 7 heteroatoms. The van der Waals surface area contributed by atoms with Crippen molar-refractivity contribution in [3.8, 4) is 0 Å². The second-order valence-corrected chi connectivity index (χ2v) is 11.1. The van der Waals surface area contributed by atoms with Crippen LogP contribution in [0.4, 0.5) is 0 Å². The van der Waals surface area contributed by atoms with Crippen LogP contribution in [0.5, 0.6) is 0 Å². The molecule has 1 heterocycles. The van der Waals surface area contributed by atoms with Crippen molar-refractivity contribution in [2.75, 3.05) is 20.2 Å². The van der Waals surface area contributed by atoms with Crippen molar-refractivity contribution < 1.29 is 19.1 Å². The summed E-state index contributed by atoms with van der Waals surface area (Å²) in [5.41, 5.74) is 0.00104. The molecule has 7 nitrogen and oxygen atoms in total. The summed E-state index contributed by atoms with van der Waals surface area (Å²) in [6.07, 6.45) is 5.71. The van der Waals surface area contributed by atoms with Crippen LogP contribution in [0.2, 0.25) is 0 Å². The van der Waals surface area contributed by atoms with Crippen LogP contribution in [-0.4, -0.2) is 72.0 Å². The van der Waals surface area contributed by atoms with Crippen molar-refractivity contribution in [2.24, 2.45) is 11.3 Å². The number of amides is 2. The van der Waals surface area contributed by atoms with Gasteiger partial charge in [-0.25, -0.2) is 4.79 Å². The normalized spacial score (nSPS) is 20.4. The third-order valence-corrected chi connectivity index (χ3v) is 6.90. The number of nitrogens with one attached hydrogen (secondary N) is 1. The molecule has 1 aliphatic rings. The van der Waals surface area contributed by atoms with Crippen LogP contribution in [0.15, 0.2) is 11.6 Å². The Hall–Kier alpha value is -1.89. The van der Waals surface area contributed by atoms with E-state index >= 15 is 0 Å². The van der Waals surface area contributed by atoms with Crippen LogP contribution in [0.3, 0.4) is 0 Å². The number of likely N-dealkylation sites (N-methyl/N-ethyl adjacent to an activating group) is 1. The molecule has 0 radical (unpaired) electrons. The fourth-order valence-electron chi connectivity index (χ4n) is 4.56. The quantitative estimate of drug-likeness (QED) is 0.376. The molecule has 34 heavy (non-hydrogen) atoms. The van der Waals surface area contributed by atoms with E-state index < -0.39 is 11.5 Å². The van der Waals surface area contributed by atoms with Crippen LogP contribution in [0.25, 0.3) is 0 Å². The van der Waals surface area contributed by atoms with Gasteiger partial charge in [-0.3, -0.25) is 14.5 Å². The van der Waals surface area contributed by atoms with Gasteiger partial charge in [0.15, 0.2) is 0 Å².